The molecule has 2 rings (SSSR count). The second kappa shape index (κ2) is 5.47. The maximum Gasteiger partial charge on any atom is 0.254 e. The zero-order chi connectivity index (χ0) is 12.3. The van der Waals surface area contributed by atoms with Gasteiger partial charge in [-0.1, -0.05) is 30.3 Å². The molecule has 0 saturated carbocycles. The Morgan fingerprint density at radius 1 is 1.35 bits per heavy atom. The van der Waals surface area contributed by atoms with Crippen LogP contribution in [0, 0.1) is 0 Å². The second-order valence-electron chi connectivity index (χ2n) is 3.79. The van der Waals surface area contributed by atoms with Crippen LogP contribution in [-0.4, -0.2) is 17.9 Å². The van der Waals surface area contributed by atoms with E-state index in [1.165, 1.54) is 11.3 Å². The van der Waals surface area contributed by atoms with Gasteiger partial charge in [-0.3, -0.25) is 4.79 Å². The molecule has 0 saturated heterocycles. The van der Waals surface area contributed by atoms with Crippen molar-refractivity contribution in [1.29, 1.82) is 0 Å². The predicted molar refractivity (Wildman–Crippen MR) is 74.3 cm³/mol. The molecule has 0 aliphatic heterocycles. The lowest BCUT2D eigenvalue weighted by molar-refractivity contribution is 0.0785. The molecule has 2 aromatic rings. The maximum atomic E-state index is 12.1. The molecule has 0 unspecified atom stereocenters. The number of carbonyl (C=O) groups excluding carboxylic acids is 1. The van der Waals surface area contributed by atoms with Crippen LogP contribution in [0.2, 0.25) is 0 Å². The van der Waals surface area contributed by atoms with Crippen molar-refractivity contribution in [3.63, 3.8) is 0 Å². The predicted octanol–water partition coefficient (Wildman–Crippen LogP) is 3.78. The van der Waals surface area contributed by atoms with Crippen LogP contribution in [0.1, 0.15) is 15.9 Å². The Kier molecular flexibility index (Phi) is 3.97. The summed E-state index contributed by atoms with van der Waals surface area (Å²) in [5.74, 6) is 0.0517. The summed E-state index contributed by atoms with van der Waals surface area (Å²) in [4.78, 5) is 13.8. The van der Waals surface area contributed by atoms with Crippen LogP contribution in [0.5, 0.6) is 0 Å². The molecule has 0 aliphatic carbocycles. The third-order valence-electron chi connectivity index (χ3n) is 2.42. The molecule has 1 aromatic carbocycles. The number of hydrogen-bond acceptors (Lipinski definition) is 2. The Morgan fingerprint density at radius 3 is 2.65 bits per heavy atom. The van der Waals surface area contributed by atoms with Crippen LogP contribution in [0.3, 0.4) is 0 Å². The minimum atomic E-state index is 0.0517. The van der Waals surface area contributed by atoms with Crippen molar-refractivity contribution in [1.82, 2.24) is 4.90 Å². The highest BCUT2D eigenvalue weighted by molar-refractivity contribution is 9.11. The third-order valence-corrected chi connectivity index (χ3v) is 3.93. The lowest BCUT2D eigenvalue weighted by Crippen LogP contribution is -2.25. The van der Waals surface area contributed by atoms with E-state index < -0.39 is 0 Å². The molecular formula is C13H12BrNOS. The molecule has 4 heteroatoms. The van der Waals surface area contributed by atoms with Gasteiger partial charge >= 0.3 is 0 Å². The highest BCUT2D eigenvalue weighted by atomic mass is 79.9. The number of carbonyl (C=O) groups is 1. The molecule has 1 heterocycles. The monoisotopic (exact) mass is 309 g/mol. The van der Waals surface area contributed by atoms with Gasteiger partial charge in [0.15, 0.2) is 0 Å². The fourth-order valence-electron chi connectivity index (χ4n) is 1.57. The van der Waals surface area contributed by atoms with Crippen LogP contribution in [0.4, 0.5) is 0 Å². The minimum absolute atomic E-state index is 0.0517. The number of nitrogens with zero attached hydrogens (tertiary/aromatic N) is 1. The first-order chi connectivity index (χ1) is 8.16. The highest BCUT2D eigenvalue weighted by Crippen LogP contribution is 2.21. The van der Waals surface area contributed by atoms with Gasteiger partial charge in [0.2, 0.25) is 0 Å². The van der Waals surface area contributed by atoms with Crippen molar-refractivity contribution in [3.8, 4) is 0 Å². The molecule has 1 amide bonds. The Morgan fingerprint density at radius 2 is 2.06 bits per heavy atom. The summed E-state index contributed by atoms with van der Waals surface area (Å²) in [5.41, 5.74) is 1.87. The standard InChI is InChI=1S/C13H12BrNOS/c1-15(8-10-5-3-2-4-6-10)13(16)11-7-12(14)17-9-11/h2-7,9H,8H2,1H3. The van der Waals surface area contributed by atoms with Gasteiger partial charge in [-0.25, -0.2) is 0 Å². The first-order valence-electron chi connectivity index (χ1n) is 5.20. The summed E-state index contributed by atoms with van der Waals surface area (Å²) in [6, 6.07) is 11.8. The quantitative estimate of drug-likeness (QED) is 0.845. The van der Waals surface area contributed by atoms with Crippen molar-refractivity contribution in [2.45, 2.75) is 6.54 Å². The molecule has 0 radical (unpaired) electrons. The number of halogens is 1. The number of rotatable bonds is 3. The van der Waals surface area contributed by atoms with Crippen molar-refractivity contribution in [2.75, 3.05) is 7.05 Å². The molecule has 88 valence electrons. The van der Waals surface area contributed by atoms with Crippen molar-refractivity contribution in [2.24, 2.45) is 0 Å². The fourth-order valence-corrected chi connectivity index (χ4v) is 2.70. The van der Waals surface area contributed by atoms with Crippen LogP contribution in [-0.2, 0) is 6.54 Å². The minimum Gasteiger partial charge on any atom is -0.337 e. The summed E-state index contributed by atoms with van der Waals surface area (Å²) in [6.07, 6.45) is 0. The summed E-state index contributed by atoms with van der Waals surface area (Å²) < 4.78 is 0.981. The Hall–Kier alpha value is -1.13. The number of thiophene rings is 1. The first-order valence-corrected chi connectivity index (χ1v) is 6.87. The second-order valence-corrected chi connectivity index (χ2v) is 6.08. The molecule has 0 bridgehead atoms. The van der Waals surface area contributed by atoms with E-state index in [9.17, 15) is 4.79 Å². The van der Waals surface area contributed by atoms with Crippen molar-refractivity contribution < 1.29 is 4.79 Å². The topological polar surface area (TPSA) is 20.3 Å². The van der Waals surface area contributed by atoms with E-state index in [4.69, 9.17) is 0 Å². The van der Waals surface area contributed by atoms with E-state index >= 15 is 0 Å². The summed E-state index contributed by atoms with van der Waals surface area (Å²) in [6.45, 7) is 0.632. The first kappa shape index (κ1) is 12.3. The molecule has 0 N–H and O–H groups in total. The fraction of sp³-hybridized carbons (Fsp3) is 0.154. The van der Waals surface area contributed by atoms with Gasteiger partial charge in [0, 0.05) is 19.0 Å². The van der Waals surface area contributed by atoms with E-state index in [1.54, 1.807) is 4.90 Å². The summed E-state index contributed by atoms with van der Waals surface area (Å²) in [7, 11) is 1.82. The smallest absolute Gasteiger partial charge is 0.254 e. The summed E-state index contributed by atoms with van der Waals surface area (Å²) in [5, 5.41) is 1.87. The van der Waals surface area contributed by atoms with E-state index in [0.717, 1.165) is 14.9 Å². The molecular weight excluding hydrogens is 298 g/mol. The number of hydrogen-bond donors (Lipinski definition) is 0. The molecule has 0 spiro atoms. The van der Waals surface area contributed by atoms with Crippen LogP contribution in [0.15, 0.2) is 45.6 Å². The van der Waals surface area contributed by atoms with Gasteiger partial charge in [-0.15, -0.1) is 11.3 Å². The van der Waals surface area contributed by atoms with Gasteiger partial charge < -0.3 is 4.90 Å². The Balaban J connectivity index is 2.06. The average molecular weight is 310 g/mol. The Bertz CT molecular complexity index is 509. The van der Waals surface area contributed by atoms with E-state index in [1.807, 2.05) is 48.8 Å². The molecule has 0 atom stereocenters. The lowest BCUT2D eigenvalue weighted by atomic mass is 10.2. The number of amides is 1. The van der Waals surface area contributed by atoms with Gasteiger partial charge in [0.25, 0.3) is 5.91 Å². The third kappa shape index (κ3) is 3.17. The van der Waals surface area contributed by atoms with Gasteiger partial charge in [-0.2, -0.15) is 0 Å². The van der Waals surface area contributed by atoms with Crippen molar-refractivity contribution in [3.05, 3.63) is 56.7 Å². The van der Waals surface area contributed by atoms with Crippen LogP contribution >= 0.6 is 27.3 Å². The van der Waals surface area contributed by atoms with E-state index in [0.29, 0.717) is 6.54 Å². The molecule has 0 fully saturated rings. The van der Waals surface area contributed by atoms with Gasteiger partial charge in [-0.05, 0) is 27.6 Å². The SMILES string of the molecule is CN(Cc1ccccc1)C(=O)c1csc(Br)c1. The lowest BCUT2D eigenvalue weighted by Gasteiger charge is -2.16. The van der Waals surface area contributed by atoms with Crippen LogP contribution in [0.25, 0.3) is 0 Å². The largest absolute Gasteiger partial charge is 0.337 e. The Labute approximate surface area is 113 Å². The summed E-state index contributed by atoms with van der Waals surface area (Å²) >= 11 is 4.89. The molecule has 2 nitrogen and oxygen atoms in total. The van der Waals surface area contributed by atoms with Gasteiger partial charge in [0.1, 0.15) is 0 Å². The molecule has 17 heavy (non-hydrogen) atoms. The van der Waals surface area contributed by atoms with E-state index in [2.05, 4.69) is 15.9 Å². The molecule has 0 aliphatic rings. The average Bonchev–Trinajstić information content (AvgIpc) is 2.76. The highest BCUT2D eigenvalue weighted by Gasteiger charge is 2.13. The normalized spacial score (nSPS) is 10.2. The van der Waals surface area contributed by atoms with Crippen LogP contribution < -0.4 is 0 Å². The van der Waals surface area contributed by atoms with Gasteiger partial charge in [0.05, 0.1) is 9.35 Å². The zero-order valence-electron chi connectivity index (χ0n) is 9.39. The van der Waals surface area contributed by atoms with Crippen molar-refractivity contribution >= 4 is 33.2 Å². The maximum absolute atomic E-state index is 12.1. The molecule has 1 aromatic heterocycles. The zero-order valence-corrected chi connectivity index (χ0v) is 11.8. The van der Waals surface area contributed by atoms with E-state index in [-0.39, 0.29) is 5.91 Å². The number of benzene rings is 1.